The number of anilines is 1. The van der Waals surface area contributed by atoms with E-state index >= 15 is 0 Å². The Hall–Kier alpha value is -2.27. The van der Waals surface area contributed by atoms with Gasteiger partial charge in [0, 0.05) is 18.3 Å². The molecule has 0 saturated carbocycles. The van der Waals surface area contributed by atoms with E-state index in [-0.39, 0.29) is 5.56 Å². The second kappa shape index (κ2) is 3.89. The Morgan fingerprint density at radius 3 is 2.89 bits per heavy atom. The van der Waals surface area contributed by atoms with Crippen LogP contribution in [0.2, 0.25) is 5.02 Å². The lowest BCUT2D eigenvalue weighted by atomic mass is 10.3. The smallest absolute Gasteiger partial charge is 0.247 e. The van der Waals surface area contributed by atoms with E-state index in [4.69, 9.17) is 21.8 Å². The van der Waals surface area contributed by atoms with Gasteiger partial charge in [-0.25, -0.2) is 4.98 Å². The number of hydrogen-bond donors (Lipinski definition) is 2. The molecule has 0 aliphatic heterocycles. The van der Waals surface area contributed by atoms with E-state index in [2.05, 4.69) is 9.97 Å². The fourth-order valence-electron chi connectivity index (χ4n) is 1.63. The molecular formula is C12H8ClN3O2. The van der Waals surface area contributed by atoms with Crippen LogP contribution in [0.15, 0.2) is 39.7 Å². The van der Waals surface area contributed by atoms with Crippen molar-refractivity contribution in [2.75, 3.05) is 5.73 Å². The number of nitrogens with zero attached hydrogens (tertiary/aromatic N) is 1. The monoisotopic (exact) mass is 261 g/mol. The van der Waals surface area contributed by atoms with Gasteiger partial charge in [-0.15, -0.1) is 0 Å². The maximum Gasteiger partial charge on any atom is 0.247 e. The Labute approximate surface area is 106 Å². The molecule has 0 radical (unpaired) electrons. The highest BCUT2D eigenvalue weighted by molar-refractivity contribution is 6.33. The zero-order valence-electron chi connectivity index (χ0n) is 9.11. The molecule has 90 valence electrons. The van der Waals surface area contributed by atoms with Crippen LogP contribution in [0.5, 0.6) is 0 Å². The highest BCUT2D eigenvalue weighted by Crippen LogP contribution is 2.29. The Kier molecular flexibility index (Phi) is 2.34. The fourth-order valence-corrected chi connectivity index (χ4v) is 1.79. The molecular weight excluding hydrogens is 254 g/mol. The van der Waals surface area contributed by atoms with Crippen molar-refractivity contribution in [3.63, 3.8) is 0 Å². The summed E-state index contributed by atoms with van der Waals surface area (Å²) in [5.74, 6) is 0.405. The number of nitrogens with two attached hydrogens (primary N) is 1. The molecule has 2 aromatic heterocycles. The average molecular weight is 262 g/mol. The van der Waals surface area contributed by atoms with Crippen molar-refractivity contribution >= 4 is 28.4 Å². The van der Waals surface area contributed by atoms with E-state index in [0.29, 0.717) is 33.3 Å². The van der Waals surface area contributed by atoms with Gasteiger partial charge in [-0.3, -0.25) is 4.79 Å². The highest BCUT2D eigenvalue weighted by Gasteiger charge is 2.10. The summed E-state index contributed by atoms with van der Waals surface area (Å²) in [6, 6.07) is 6.31. The van der Waals surface area contributed by atoms with E-state index in [0.717, 1.165) is 0 Å². The summed E-state index contributed by atoms with van der Waals surface area (Å²) in [7, 11) is 0. The second-order valence-electron chi connectivity index (χ2n) is 3.80. The third-order valence-corrected chi connectivity index (χ3v) is 2.87. The molecule has 0 saturated heterocycles. The van der Waals surface area contributed by atoms with Crippen LogP contribution in [0.25, 0.3) is 22.6 Å². The van der Waals surface area contributed by atoms with E-state index < -0.39 is 0 Å². The van der Waals surface area contributed by atoms with Crippen molar-refractivity contribution in [1.82, 2.24) is 9.97 Å². The number of pyridine rings is 1. The van der Waals surface area contributed by atoms with Crippen LogP contribution in [0.4, 0.5) is 5.69 Å². The minimum Gasteiger partial charge on any atom is -0.436 e. The third-order valence-electron chi connectivity index (χ3n) is 2.54. The highest BCUT2D eigenvalue weighted by atomic mass is 35.5. The SMILES string of the molecule is Nc1cc2oc(-c3ccc(=O)[nH]c3)nc2cc1Cl. The number of benzene rings is 1. The summed E-state index contributed by atoms with van der Waals surface area (Å²) in [5, 5.41) is 0.434. The Morgan fingerprint density at radius 2 is 2.17 bits per heavy atom. The molecule has 1 aromatic carbocycles. The van der Waals surface area contributed by atoms with Crippen molar-refractivity contribution in [2.45, 2.75) is 0 Å². The quantitative estimate of drug-likeness (QED) is 0.659. The first-order chi connectivity index (χ1) is 8.63. The third kappa shape index (κ3) is 1.74. The summed E-state index contributed by atoms with van der Waals surface area (Å²) in [4.78, 5) is 17.8. The molecule has 18 heavy (non-hydrogen) atoms. The molecule has 0 fully saturated rings. The predicted molar refractivity (Wildman–Crippen MR) is 69.5 cm³/mol. The maximum absolute atomic E-state index is 11.0. The van der Waals surface area contributed by atoms with Gasteiger partial charge in [-0.05, 0) is 12.1 Å². The largest absolute Gasteiger partial charge is 0.436 e. The first-order valence-electron chi connectivity index (χ1n) is 5.18. The summed E-state index contributed by atoms with van der Waals surface area (Å²) in [5.41, 5.74) is 7.80. The minimum atomic E-state index is -0.179. The lowest BCUT2D eigenvalue weighted by molar-refractivity contribution is 0.619. The van der Waals surface area contributed by atoms with Gasteiger partial charge in [0.25, 0.3) is 0 Å². The molecule has 0 bridgehead atoms. The number of halogens is 1. The zero-order chi connectivity index (χ0) is 12.7. The number of nitrogens with one attached hydrogen (secondary N) is 1. The Morgan fingerprint density at radius 1 is 1.33 bits per heavy atom. The van der Waals surface area contributed by atoms with Crippen LogP contribution in [0, 0.1) is 0 Å². The van der Waals surface area contributed by atoms with E-state index in [1.165, 1.54) is 12.3 Å². The standard InChI is InChI=1S/C12H8ClN3O2/c13-7-3-9-10(4-8(7)14)18-12(16-9)6-1-2-11(17)15-5-6/h1-5H,14H2,(H,15,17). The molecule has 0 aliphatic rings. The molecule has 0 spiro atoms. The predicted octanol–water partition coefficient (Wildman–Crippen LogP) is 2.42. The lowest BCUT2D eigenvalue weighted by Gasteiger charge is -1.94. The fraction of sp³-hybridized carbons (Fsp3) is 0. The first kappa shape index (κ1) is 10.9. The topological polar surface area (TPSA) is 84.9 Å². The van der Waals surface area contributed by atoms with Gasteiger partial charge in [0.2, 0.25) is 11.4 Å². The normalized spacial score (nSPS) is 10.9. The number of H-pyrrole nitrogens is 1. The molecule has 3 aromatic rings. The van der Waals surface area contributed by atoms with Crippen LogP contribution in [-0.4, -0.2) is 9.97 Å². The van der Waals surface area contributed by atoms with Gasteiger partial charge in [-0.1, -0.05) is 11.6 Å². The van der Waals surface area contributed by atoms with Gasteiger partial charge in [0.15, 0.2) is 5.58 Å². The molecule has 0 aliphatic carbocycles. The summed E-state index contributed by atoms with van der Waals surface area (Å²) < 4.78 is 5.56. The number of aromatic nitrogens is 2. The van der Waals surface area contributed by atoms with Crippen molar-refractivity contribution in [2.24, 2.45) is 0 Å². The summed E-state index contributed by atoms with van der Waals surface area (Å²) in [6.45, 7) is 0. The maximum atomic E-state index is 11.0. The van der Waals surface area contributed by atoms with Gasteiger partial charge in [0.05, 0.1) is 16.3 Å². The zero-order valence-corrected chi connectivity index (χ0v) is 9.86. The van der Waals surface area contributed by atoms with Crippen LogP contribution < -0.4 is 11.3 Å². The lowest BCUT2D eigenvalue weighted by Crippen LogP contribution is -2.01. The van der Waals surface area contributed by atoms with Crippen LogP contribution in [0.1, 0.15) is 0 Å². The van der Waals surface area contributed by atoms with Gasteiger partial charge < -0.3 is 15.1 Å². The number of hydrogen-bond acceptors (Lipinski definition) is 4. The number of aromatic amines is 1. The van der Waals surface area contributed by atoms with Gasteiger partial charge in [0.1, 0.15) is 5.52 Å². The average Bonchev–Trinajstić information content (AvgIpc) is 2.73. The van der Waals surface area contributed by atoms with Crippen LogP contribution in [-0.2, 0) is 0 Å². The van der Waals surface area contributed by atoms with Gasteiger partial charge in [-0.2, -0.15) is 0 Å². The molecule has 0 unspecified atom stereocenters. The molecule has 3 rings (SSSR count). The number of fused-ring (bicyclic) bond motifs is 1. The van der Waals surface area contributed by atoms with Crippen molar-refractivity contribution in [3.8, 4) is 11.5 Å². The van der Waals surface area contributed by atoms with E-state index in [1.54, 1.807) is 18.2 Å². The molecule has 0 amide bonds. The molecule has 2 heterocycles. The van der Waals surface area contributed by atoms with Crippen LogP contribution >= 0.6 is 11.6 Å². The van der Waals surface area contributed by atoms with Crippen molar-refractivity contribution in [3.05, 3.63) is 45.8 Å². The van der Waals surface area contributed by atoms with Gasteiger partial charge >= 0.3 is 0 Å². The minimum absolute atomic E-state index is 0.179. The first-order valence-corrected chi connectivity index (χ1v) is 5.56. The molecule has 6 heteroatoms. The second-order valence-corrected chi connectivity index (χ2v) is 4.21. The number of nitrogen functional groups attached to an aromatic ring is 1. The molecule has 5 nitrogen and oxygen atoms in total. The van der Waals surface area contributed by atoms with Crippen molar-refractivity contribution < 1.29 is 4.42 Å². The Balaban J connectivity index is 2.19. The van der Waals surface area contributed by atoms with E-state index in [1.807, 2.05) is 0 Å². The molecule has 3 N–H and O–H groups in total. The van der Waals surface area contributed by atoms with Crippen LogP contribution in [0.3, 0.4) is 0 Å². The summed E-state index contributed by atoms with van der Waals surface area (Å²) in [6.07, 6.45) is 1.54. The number of rotatable bonds is 1. The van der Waals surface area contributed by atoms with E-state index in [9.17, 15) is 4.79 Å². The van der Waals surface area contributed by atoms with Crippen molar-refractivity contribution in [1.29, 1.82) is 0 Å². The number of oxazole rings is 1. The molecule has 0 atom stereocenters. The summed E-state index contributed by atoms with van der Waals surface area (Å²) >= 11 is 5.91. The Bertz CT molecular complexity index is 732.